The minimum Gasteiger partial charge on any atom is -0.383 e. The number of carbonyl (C=O) groups is 1. The number of hydrogen-bond acceptors (Lipinski definition) is 4. The van der Waals surface area contributed by atoms with Gasteiger partial charge in [0.25, 0.3) is 0 Å². The molecule has 0 spiro atoms. The number of carbonyl (C=O) groups excluding carboxylic acids is 1. The molecule has 1 aromatic heterocycles. The summed E-state index contributed by atoms with van der Waals surface area (Å²) in [6.45, 7) is 1.28. The van der Waals surface area contributed by atoms with Crippen molar-refractivity contribution in [2.75, 3.05) is 19.5 Å². The fraction of sp³-hybridized carbons (Fsp3) is 0.263. The fourth-order valence-corrected chi connectivity index (χ4v) is 4.38. The van der Waals surface area contributed by atoms with Crippen molar-refractivity contribution in [3.63, 3.8) is 0 Å². The van der Waals surface area contributed by atoms with Crippen LogP contribution in [-0.2, 0) is 16.1 Å². The van der Waals surface area contributed by atoms with Crippen molar-refractivity contribution < 1.29 is 9.53 Å². The Kier molecular flexibility index (Phi) is 6.44. The Morgan fingerprint density at radius 2 is 1.92 bits per heavy atom. The van der Waals surface area contributed by atoms with E-state index >= 15 is 0 Å². The Balaban J connectivity index is 1.74. The third-order valence-corrected chi connectivity index (χ3v) is 5.73. The summed E-state index contributed by atoms with van der Waals surface area (Å²) in [4.78, 5) is 18.6. The molecule has 0 aliphatic rings. The van der Waals surface area contributed by atoms with E-state index in [2.05, 4.69) is 33.8 Å². The minimum atomic E-state index is -0.0823. The summed E-state index contributed by atoms with van der Waals surface area (Å²) < 4.78 is 8.38. The lowest BCUT2D eigenvalue weighted by Crippen LogP contribution is -2.19. The summed E-state index contributed by atoms with van der Waals surface area (Å²) in [5, 5.41) is 0. The highest BCUT2D eigenvalue weighted by molar-refractivity contribution is 7.99. The number of thiazole rings is 1. The average Bonchev–Trinajstić information content (AvgIpc) is 2.98. The Labute approximate surface area is 155 Å². The van der Waals surface area contributed by atoms with E-state index in [-0.39, 0.29) is 5.91 Å². The van der Waals surface area contributed by atoms with Gasteiger partial charge in [-0.3, -0.25) is 4.79 Å². The van der Waals surface area contributed by atoms with Gasteiger partial charge in [-0.1, -0.05) is 41.7 Å². The van der Waals surface area contributed by atoms with Gasteiger partial charge in [-0.25, -0.2) is 0 Å². The zero-order chi connectivity index (χ0) is 17.5. The molecular formula is C19H20N2O2S2. The molecule has 3 rings (SSSR count). The van der Waals surface area contributed by atoms with Gasteiger partial charge in [0.05, 0.1) is 16.8 Å². The molecule has 0 bridgehead atoms. The molecule has 4 nitrogen and oxygen atoms in total. The van der Waals surface area contributed by atoms with Crippen LogP contribution in [0.1, 0.15) is 6.42 Å². The Hall–Kier alpha value is -1.89. The van der Waals surface area contributed by atoms with Gasteiger partial charge in [0.15, 0.2) is 4.80 Å². The predicted molar refractivity (Wildman–Crippen MR) is 104 cm³/mol. The van der Waals surface area contributed by atoms with Gasteiger partial charge < -0.3 is 9.30 Å². The quantitative estimate of drug-likeness (QED) is 0.590. The molecule has 1 heterocycles. The van der Waals surface area contributed by atoms with E-state index in [1.807, 2.05) is 30.3 Å². The number of methoxy groups -OCH3 is 1. The maximum atomic E-state index is 12.3. The zero-order valence-corrected chi connectivity index (χ0v) is 15.7. The highest BCUT2D eigenvalue weighted by atomic mass is 32.2. The molecule has 0 saturated heterocycles. The molecule has 0 saturated carbocycles. The Morgan fingerprint density at radius 3 is 2.72 bits per heavy atom. The zero-order valence-electron chi connectivity index (χ0n) is 14.1. The van der Waals surface area contributed by atoms with Crippen LogP contribution in [-0.4, -0.2) is 29.9 Å². The average molecular weight is 373 g/mol. The van der Waals surface area contributed by atoms with E-state index in [0.717, 1.165) is 20.8 Å². The van der Waals surface area contributed by atoms with Gasteiger partial charge in [0, 0.05) is 30.7 Å². The molecule has 0 fully saturated rings. The number of hydrogen-bond donors (Lipinski definition) is 0. The van der Waals surface area contributed by atoms with Crippen molar-refractivity contribution >= 4 is 39.2 Å². The van der Waals surface area contributed by atoms with Crippen LogP contribution in [0, 0.1) is 0 Å². The lowest BCUT2D eigenvalue weighted by Gasteiger charge is -2.04. The van der Waals surface area contributed by atoms with Gasteiger partial charge in [0.2, 0.25) is 5.91 Å². The summed E-state index contributed by atoms with van der Waals surface area (Å²) in [6.07, 6.45) is 0.429. The Morgan fingerprint density at radius 1 is 1.16 bits per heavy atom. The van der Waals surface area contributed by atoms with Crippen molar-refractivity contribution in [3.05, 3.63) is 59.4 Å². The molecule has 25 heavy (non-hydrogen) atoms. The molecule has 0 unspecified atom stereocenters. The number of aromatic nitrogens is 1. The molecule has 0 radical (unpaired) electrons. The van der Waals surface area contributed by atoms with Crippen molar-refractivity contribution in [3.8, 4) is 0 Å². The summed E-state index contributed by atoms with van der Waals surface area (Å²) in [6, 6.07) is 18.2. The SMILES string of the molecule is COCCn1c(=NC(=O)CCSc2ccccc2)sc2ccccc21. The van der Waals surface area contributed by atoms with Crippen LogP contribution in [0.25, 0.3) is 10.2 Å². The monoisotopic (exact) mass is 372 g/mol. The van der Waals surface area contributed by atoms with Crippen molar-refractivity contribution in [1.82, 2.24) is 4.57 Å². The van der Waals surface area contributed by atoms with Gasteiger partial charge in [-0.2, -0.15) is 4.99 Å². The molecule has 3 aromatic rings. The third-order valence-electron chi connectivity index (χ3n) is 3.66. The second kappa shape index (κ2) is 8.99. The van der Waals surface area contributed by atoms with Crippen LogP contribution < -0.4 is 4.80 Å². The van der Waals surface area contributed by atoms with Crippen LogP contribution in [0.15, 0.2) is 64.5 Å². The molecule has 6 heteroatoms. The lowest BCUT2D eigenvalue weighted by molar-refractivity contribution is -0.117. The van der Waals surface area contributed by atoms with Gasteiger partial charge in [-0.05, 0) is 24.3 Å². The number of rotatable bonds is 7. The summed E-state index contributed by atoms with van der Waals surface area (Å²) in [7, 11) is 1.68. The first kappa shape index (κ1) is 17.9. The topological polar surface area (TPSA) is 43.6 Å². The van der Waals surface area contributed by atoms with E-state index in [4.69, 9.17) is 4.74 Å². The highest BCUT2D eigenvalue weighted by Gasteiger charge is 2.07. The van der Waals surface area contributed by atoms with Crippen LogP contribution in [0.4, 0.5) is 0 Å². The van der Waals surface area contributed by atoms with Crippen molar-refractivity contribution in [1.29, 1.82) is 0 Å². The number of nitrogens with zero attached hydrogens (tertiary/aromatic N) is 2. The molecule has 0 aliphatic carbocycles. The smallest absolute Gasteiger partial charge is 0.249 e. The van der Waals surface area contributed by atoms with E-state index in [0.29, 0.717) is 19.6 Å². The standard InChI is InChI=1S/C19H20N2O2S2/c1-23-13-12-21-16-9-5-6-10-17(16)25-19(21)20-18(22)11-14-24-15-7-3-2-4-8-15/h2-10H,11-14H2,1H3. The number of para-hydroxylation sites is 1. The number of thioether (sulfide) groups is 1. The fourth-order valence-electron chi connectivity index (χ4n) is 2.44. The van der Waals surface area contributed by atoms with Gasteiger partial charge in [-0.15, -0.1) is 11.8 Å². The maximum Gasteiger partial charge on any atom is 0.249 e. The van der Waals surface area contributed by atoms with E-state index in [1.54, 1.807) is 30.2 Å². The maximum absolute atomic E-state index is 12.3. The highest BCUT2D eigenvalue weighted by Crippen LogP contribution is 2.18. The summed E-state index contributed by atoms with van der Waals surface area (Å²) in [5.74, 6) is 0.649. The van der Waals surface area contributed by atoms with Crippen LogP contribution in [0.5, 0.6) is 0 Å². The first-order valence-corrected chi connectivity index (χ1v) is 9.91. The summed E-state index contributed by atoms with van der Waals surface area (Å²) in [5.41, 5.74) is 1.09. The van der Waals surface area contributed by atoms with E-state index in [1.165, 1.54) is 4.90 Å². The lowest BCUT2D eigenvalue weighted by atomic mass is 10.3. The molecule has 0 N–H and O–H groups in total. The van der Waals surface area contributed by atoms with Gasteiger partial charge in [0.1, 0.15) is 0 Å². The third kappa shape index (κ3) is 4.81. The van der Waals surface area contributed by atoms with Crippen LogP contribution in [0.2, 0.25) is 0 Å². The normalized spacial score (nSPS) is 12.0. The summed E-state index contributed by atoms with van der Waals surface area (Å²) >= 11 is 3.22. The largest absolute Gasteiger partial charge is 0.383 e. The second-order valence-electron chi connectivity index (χ2n) is 5.41. The van der Waals surface area contributed by atoms with E-state index in [9.17, 15) is 4.79 Å². The van der Waals surface area contributed by atoms with Crippen LogP contribution >= 0.6 is 23.1 Å². The van der Waals surface area contributed by atoms with Crippen molar-refractivity contribution in [2.45, 2.75) is 17.9 Å². The molecular weight excluding hydrogens is 352 g/mol. The molecule has 0 aliphatic heterocycles. The minimum absolute atomic E-state index is 0.0823. The van der Waals surface area contributed by atoms with E-state index < -0.39 is 0 Å². The molecule has 2 aromatic carbocycles. The Bertz CT molecular complexity index is 900. The first-order valence-electron chi connectivity index (χ1n) is 8.10. The number of fused-ring (bicyclic) bond motifs is 1. The van der Waals surface area contributed by atoms with Crippen LogP contribution in [0.3, 0.4) is 0 Å². The van der Waals surface area contributed by atoms with Gasteiger partial charge >= 0.3 is 0 Å². The molecule has 130 valence electrons. The number of amides is 1. The number of ether oxygens (including phenoxy) is 1. The molecule has 1 amide bonds. The molecule has 0 atom stereocenters. The predicted octanol–water partition coefficient (Wildman–Crippen LogP) is 3.96. The first-order chi connectivity index (χ1) is 12.3. The second-order valence-corrected chi connectivity index (χ2v) is 7.59. The number of benzene rings is 2. The van der Waals surface area contributed by atoms with Crippen molar-refractivity contribution in [2.24, 2.45) is 4.99 Å².